The highest BCUT2D eigenvalue weighted by atomic mass is 35.5. The number of benzene rings is 1. The zero-order chi connectivity index (χ0) is 17.8. The van der Waals surface area contributed by atoms with Gasteiger partial charge in [-0.25, -0.2) is 4.39 Å². The first kappa shape index (κ1) is 24.1. The second kappa shape index (κ2) is 11.2. The van der Waals surface area contributed by atoms with Gasteiger partial charge in [0.2, 0.25) is 5.91 Å². The van der Waals surface area contributed by atoms with Gasteiger partial charge in [0.1, 0.15) is 5.82 Å². The molecule has 3 rings (SSSR count). The van der Waals surface area contributed by atoms with Crippen molar-refractivity contribution in [3.8, 4) is 0 Å². The minimum Gasteiger partial charge on any atom is -0.392 e. The van der Waals surface area contributed by atoms with Crippen LogP contribution in [0.25, 0.3) is 0 Å². The van der Waals surface area contributed by atoms with Gasteiger partial charge in [0.15, 0.2) is 0 Å². The zero-order valence-electron chi connectivity index (χ0n) is 15.4. The molecule has 1 saturated carbocycles. The van der Waals surface area contributed by atoms with Crippen LogP contribution < -0.4 is 5.73 Å². The third-order valence-electron chi connectivity index (χ3n) is 5.41. The summed E-state index contributed by atoms with van der Waals surface area (Å²) in [5.41, 5.74) is 6.89. The highest BCUT2D eigenvalue weighted by Gasteiger charge is 2.33. The standard InChI is InChI=1S/C19H28FN3O2.2ClH/c20-16-4-1-3-14(11-16)13-22-7-2-8-23(10-9-22)19(25)15-5-6-18(24)17(21)12-15;;/h1,3-4,11,15,17-18,24H,2,5-10,12-13,21H2;2*1H/t15-,17+,18+;;/m0../s1. The number of hydrogen-bond acceptors (Lipinski definition) is 4. The summed E-state index contributed by atoms with van der Waals surface area (Å²) in [4.78, 5) is 17.0. The third kappa shape index (κ3) is 6.57. The smallest absolute Gasteiger partial charge is 0.225 e. The Labute approximate surface area is 172 Å². The van der Waals surface area contributed by atoms with Crippen molar-refractivity contribution in [2.24, 2.45) is 11.7 Å². The van der Waals surface area contributed by atoms with E-state index >= 15 is 0 Å². The molecule has 27 heavy (non-hydrogen) atoms. The second-order valence-corrected chi connectivity index (χ2v) is 7.33. The molecule has 1 amide bonds. The van der Waals surface area contributed by atoms with Crippen molar-refractivity contribution in [1.82, 2.24) is 9.80 Å². The molecule has 1 saturated heterocycles. The average Bonchev–Trinajstić information content (AvgIpc) is 2.82. The van der Waals surface area contributed by atoms with Gasteiger partial charge in [0.25, 0.3) is 0 Å². The topological polar surface area (TPSA) is 69.8 Å². The lowest BCUT2D eigenvalue weighted by atomic mass is 9.83. The van der Waals surface area contributed by atoms with Crippen LogP contribution in [0.1, 0.15) is 31.2 Å². The monoisotopic (exact) mass is 421 g/mol. The number of amides is 1. The highest BCUT2D eigenvalue weighted by Crippen LogP contribution is 2.26. The number of aliphatic hydroxyl groups excluding tert-OH is 1. The summed E-state index contributed by atoms with van der Waals surface area (Å²) in [6.45, 7) is 3.86. The number of rotatable bonds is 3. The van der Waals surface area contributed by atoms with Gasteiger partial charge in [-0.3, -0.25) is 9.69 Å². The van der Waals surface area contributed by atoms with E-state index < -0.39 is 6.10 Å². The van der Waals surface area contributed by atoms with Crippen molar-refractivity contribution < 1.29 is 14.3 Å². The molecule has 5 nitrogen and oxygen atoms in total. The van der Waals surface area contributed by atoms with E-state index in [9.17, 15) is 14.3 Å². The van der Waals surface area contributed by atoms with Crippen LogP contribution in [-0.4, -0.2) is 59.1 Å². The van der Waals surface area contributed by atoms with E-state index in [2.05, 4.69) is 4.90 Å². The maximum atomic E-state index is 13.3. The number of aliphatic hydroxyl groups is 1. The molecule has 0 radical (unpaired) electrons. The van der Waals surface area contributed by atoms with E-state index in [1.165, 1.54) is 6.07 Å². The zero-order valence-corrected chi connectivity index (χ0v) is 17.1. The highest BCUT2D eigenvalue weighted by molar-refractivity contribution is 5.85. The lowest BCUT2D eigenvalue weighted by Gasteiger charge is -2.33. The Morgan fingerprint density at radius 3 is 2.67 bits per heavy atom. The lowest BCUT2D eigenvalue weighted by molar-refractivity contribution is -0.137. The van der Waals surface area contributed by atoms with Crippen LogP contribution in [0.5, 0.6) is 0 Å². The molecular formula is C19H30Cl2FN3O2. The van der Waals surface area contributed by atoms with Gasteiger partial charge in [-0.1, -0.05) is 12.1 Å². The molecule has 0 unspecified atom stereocenters. The Kier molecular flexibility index (Phi) is 9.98. The van der Waals surface area contributed by atoms with Gasteiger partial charge in [-0.2, -0.15) is 0 Å². The van der Waals surface area contributed by atoms with Gasteiger partial charge in [0, 0.05) is 44.7 Å². The van der Waals surface area contributed by atoms with E-state index in [0.717, 1.165) is 38.0 Å². The van der Waals surface area contributed by atoms with E-state index in [-0.39, 0.29) is 48.5 Å². The van der Waals surface area contributed by atoms with Crippen LogP contribution in [-0.2, 0) is 11.3 Å². The van der Waals surface area contributed by atoms with Gasteiger partial charge in [-0.05, 0) is 43.4 Å². The van der Waals surface area contributed by atoms with Gasteiger partial charge >= 0.3 is 0 Å². The number of hydrogen-bond donors (Lipinski definition) is 2. The van der Waals surface area contributed by atoms with Crippen molar-refractivity contribution in [3.05, 3.63) is 35.6 Å². The fraction of sp³-hybridized carbons (Fsp3) is 0.632. The van der Waals surface area contributed by atoms with Crippen LogP contribution in [0.2, 0.25) is 0 Å². The summed E-state index contributed by atoms with van der Waals surface area (Å²) >= 11 is 0. The van der Waals surface area contributed by atoms with Crippen LogP contribution in [0.4, 0.5) is 4.39 Å². The molecule has 2 aliphatic rings. The third-order valence-corrected chi connectivity index (χ3v) is 5.41. The minimum absolute atomic E-state index is 0. The molecule has 1 aromatic carbocycles. The first-order valence-corrected chi connectivity index (χ1v) is 9.22. The molecule has 1 heterocycles. The summed E-state index contributed by atoms with van der Waals surface area (Å²) in [6.07, 6.45) is 2.34. The lowest BCUT2D eigenvalue weighted by Crippen LogP contribution is -2.46. The Balaban J connectivity index is 0.00000182. The number of nitrogens with two attached hydrogens (primary N) is 1. The van der Waals surface area contributed by atoms with E-state index in [1.54, 1.807) is 12.1 Å². The van der Waals surface area contributed by atoms with Crippen LogP contribution in [0.3, 0.4) is 0 Å². The van der Waals surface area contributed by atoms with Crippen LogP contribution >= 0.6 is 24.8 Å². The molecule has 2 fully saturated rings. The molecule has 0 spiro atoms. The van der Waals surface area contributed by atoms with Crippen molar-refractivity contribution in [1.29, 1.82) is 0 Å². The molecule has 0 bridgehead atoms. The first-order chi connectivity index (χ1) is 12.0. The molecule has 1 aliphatic heterocycles. The molecule has 154 valence electrons. The van der Waals surface area contributed by atoms with Gasteiger partial charge < -0.3 is 15.7 Å². The average molecular weight is 422 g/mol. The largest absolute Gasteiger partial charge is 0.392 e. The van der Waals surface area contributed by atoms with Gasteiger partial charge in [-0.15, -0.1) is 24.8 Å². The molecule has 1 aliphatic carbocycles. The van der Waals surface area contributed by atoms with Crippen molar-refractivity contribution in [3.63, 3.8) is 0 Å². The van der Waals surface area contributed by atoms with E-state index in [1.807, 2.05) is 11.0 Å². The summed E-state index contributed by atoms with van der Waals surface area (Å²) in [6, 6.07) is 6.41. The second-order valence-electron chi connectivity index (χ2n) is 7.33. The van der Waals surface area contributed by atoms with E-state index in [4.69, 9.17) is 5.73 Å². The SMILES string of the molecule is Cl.Cl.N[C@@H]1C[C@@H](C(=O)N2CCCN(Cc3cccc(F)c3)CC2)CC[C@H]1O. The Hall–Kier alpha value is -0.920. The number of carbonyl (C=O) groups is 1. The fourth-order valence-corrected chi connectivity index (χ4v) is 3.91. The van der Waals surface area contributed by atoms with Gasteiger partial charge in [0.05, 0.1) is 6.10 Å². The summed E-state index contributed by atoms with van der Waals surface area (Å²) in [5.74, 6) is -0.0944. The summed E-state index contributed by atoms with van der Waals surface area (Å²) in [7, 11) is 0. The molecule has 3 atom stereocenters. The molecular weight excluding hydrogens is 392 g/mol. The summed E-state index contributed by atoms with van der Waals surface area (Å²) < 4.78 is 13.3. The Morgan fingerprint density at radius 1 is 1.19 bits per heavy atom. The number of carbonyl (C=O) groups excluding carboxylic acids is 1. The molecule has 0 aromatic heterocycles. The van der Waals surface area contributed by atoms with Crippen molar-refractivity contribution in [2.75, 3.05) is 26.2 Å². The van der Waals surface area contributed by atoms with Crippen molar-refractivity contribution in [2.45, 2.75) is 44.4 Å². The van der Waals surface area contributed by atoms with Crippen LogP contribution in [0, 0.1) is 11.7 Å². The first-order valence-electron chi connectivity index (χ1n) is 9.22. The quantitative estimate of drug-likeness (QED) is 0.784. The number of halogens is 3. The fourth-order valence-electron chi connectivity index (χ4n) is 3.91. The Morgan fingerprint density at radius 2 is 1.96 bits per heavy atom. The Bertz CT molecular complexity index is 608. The van der Waals surface area contributed by atoms with E-state index in [0.29, 0.717) is 25.9 Å². The minimum atomic E-state index is -0.477. The molecule has 3 N–H and O–H groups in total. The van der Waals surface area contributed by atoms with Crippen molar-refractivity contribution >= 4 is 30.7 Å². The number of nitrogens with zero attached hydrogens (tertiary/aromatic N) is 2. The maximum absolute atomic E-state index is 13.3. The van der Waals surface area contributed by atoms with Crippen LogP contribution in [0.15, 0.2) is 24.3 Å². The maximum Gasteiger partial charge on any atom is 0.225 e. The predicted molar refractivity (Wildman–Crippen MR) is 109 cm³/mol. The predicted octanol–water partition coefficient (Wildman–Crippen LogP) is 2.19. The molecule has 1 aromatic rings. The normalized spacial score (nSPS) is 26.5. The molecule has 8 heteroatoms. The summed E-state index contributed by atoms with van der Waals surface area (Å²) in [5, 5.41) is 9.74.